The van der Waals surface area contributed by atoms with Gasteiger partial charge in [-0.25, -0.2) is 0 Å². The van der Waals surface area contributed by atoms with E-state index in [2.05, 4.69) is 10.3 Å². The van der Waals surface area contributed by atoms with Crippen LogP contribution in [0.25, 0.3) is 0 Å². The zero-order valence-corrected chi connectivity index (χ0v) is 14.3. The molecule has 132 valence electrons. The third kappa shape index (κ3) is 5.66. The molecule has 3 rings (SSSR count). The van der Waals surface area contributed by atoms with Crippen LogP contribution in [0, 0.1) is 0 Å². The van der Waals surface area contributed by atoms with Gasteiger partial charge in [0.25, 0.3) is 0 Å². The van der Waals surface area contributed by atoms with Crippen LogP contribution in [0.3, 0.4) is 0 Å². The number of rotatable bonds is 7. The number of carbonyl (C=O) groups excluding carboxylic acids is 1. The van der Waals surface area contributed by atoms with Crippen molar-refractivity contribution in [3.8, 4) is 0 Å². The van der Waals surface area contributed by atoms with Crippen LogP contribution in [0.1, 0.15) is 24.0 Å². The Kier molecular flexibility index (Phi) is 6.54. The highest BCUT2D eigenvalue weighted by molar-refractivity contribution is 5.76. The van der Waals surface area contributed by atoms with E-state index in [-0.39, 0.29) is 18.1 Å². The minimum absolute atomic E-state index is 0.00105. The minimum atomic E-state index is -0.115. The minimum Gasteiger partial charge on any atom is -0.379 e. The number of amides is 1. The number of hydrogen-bond donors (Lipinski definition) is 1. The van der Waals surface area contributed by atoms with Crippen molar-refractivity contribution in [2.45, 2.75) is 38.0 Å². The number of benzene rings is 1. The van der Waals surface area contributed by atoms with Crippen LogP contribution in [0.5, 0.6) is 0 Å². The van der Waals surface area contributed by atoms with Crippen molar-refractivity contribution in [2.24, 2.45) is 0 Å². The number of pyridine rings is 1. The number of nitrogens with one attached hydrogen (secondary N) is 1. The summed E-state index contributed by atoms with van der Waals surface area (Å²) in [5, 5.41) is 3.11. The standard InChI is InChI=1S/C20H24N2O3/c23-20(9-8-16-7-4-11-21-13-16)22-18-10-12-24-15-19(18)25-14-17-5-2-1-3-6-17/h1-7,11,13,18-19H,8-10,12,14-15H2,(H,22,23)/t18-,19-/m1/s1. The summed E-state index contributed by atoms with van der Waals surface area (Å²) in [6, 6.07) is 13.9. The second-order valence-corrected chi connectivity index (χ2v) is 6.23. The van der Waals surface area contributed by atoms with Gasteiger partial charge in [-0.2, -0.15) is 0 Å². The molecule has 1 N–H and O–H groups in total. The van der Waals surface area contributed by atoms with E-state index in [4.69, 9.17) is 9.47 Å². The van der Waals surface area contributed by atoms with Gasteiger partial charge in [-0.3, -0.25) is 9.78 Å². The van der Waals surface area contributed by atoms with Gasteiger partial charge in [0, 0.05) is 25.4 Å². The molecule has 2 atom stereocenters. The fourth-order valence-electron chi connectivity index (χ4n) is 2.90. The Morgan fingerprint density at radius 2 is 2.04 bits per heavy atom. The van der Waals surface area contributed by atoms with Crippen molar-refractivity contribution in [1.29, 1.82) is 0 Å². The predicted molar refractivity (Wildman–Crippen MR) is 94.9 cm³/mol. The van der Waals surface area contributed by atoms with Gasteiger partial charge in [-0.1, -0.05) is 36.4 Å². The molecule has 25 heavy (non-hydrogen) atoms. The van der Waals surface area contributed by atoms with Crippen LogP contribution in [0.4, 0.5) is 0 Å². The molecular formula is C20H24N2O3. The molecule has 0 unspecified atom stereocenters. The average Bonchev–Trinajstić information content (AvgIpc) is 2.67. The lowest BCUT2D eigenvalue weighted by atomic mass is 10.0. The van der Waals surface area contributed by atoms with E-state index in [0.29, 0.717) is 32.7 Å². The van der Waals surface area contributed by atoms with Crippen molar-refractivity contribution in [3.63, 3.8) is 0 Å². The zero-order valence-electron chi connectivity index (χ0n) is 14.3. The number of ether oxygens (including phenoxy) is 2. The molecule has 0 radical (unpaired) electrons. The maximum absolute atomic E-state index is 12.3. The largest absolute Gasteiger partial charge is 0.379 e. The molecule has 1 aromatic carbocycles. The summed E-state index contributed by atoms with van der Waals surface area (Å²) in [7, 11) is 0. The average molecular weight is 340 g/mol. The van der Waals surface area contributed by atoms with Crippen LogP contribution in [-0.4, -0.2) is 36.3 Å². The van der Waals surface area contributed by atoms with Crippen LogP contribution in [-0.2, 0) is 27.3 Å². The molecular weight excluding hydrogens is 316 g/mol. The lowest BCUT2D eigenvalue weighted by Crippen LogP contribution is -2.50. The molecule has 2 aromatic rings. The maximum atomic E-state index is 12.3. The molecule has 1 aromatic heterocycles. The highest BCUT2D eigenvalue weighted by atomic mass is 16.5. The summed E-state index contributed by atoms with van der Waals surface area (Å²) < 4.78 is 11.5. The van der Waals surface area contributed by atoms with Crippen molar-refractivity contribution in [1.82, 2.24) is 10.3 Å². The first kappa shape index (κ1) is 17.6. The Bertz CT molecular complexity index is 649. The van der Waals surface area contributed by atoms with Crippen molar-refractivity contribution >= 4 is 5.91 Å². The third-order valence-corrected chi connectivity index (χ3v) is 4.32. The van der Waals surface area contributed by atoms with Gasteiger partial charge >= 0.3 is 0 Å². The first-order valence-corrected chi connectivity index (χ1v) is 8.73. The second-order valence-electron chi connectivity index (χ2n) is 6.23. The smallest absolute Gasteiger partial charge is 0.220 e. The van der Waals surface area contributed by atoms with Crippen LogP contribution >= 0.6 is 0 Å². The first-order chi connectivity index (χ1) is 12.3. The molecule has 1 fully saturated rings. The van der Waals surface area contributed by atoms with Gasteiger partial charge in [0.05, 0.1) is 19.3 Å². The fraction of sp³-hybridized carbons (Fsp3) is 0.400. The summed E-state index contributed by atoms with van der Waals surface area (Å²) >= 11 is 0. The van der Waals surface area contributed by atoms with Gasteiger partial charge in [0.1, 0.15) is 6.10 Å². The first-order valence-electron chi connectivity index (χ1n) is 8.73. The summed E-state index contributed by atoms with van der Waals surface area (Å²) in [6.07, 6.45) is 5.34. The van der Waals surface area contributed by atoms with E-state index in [1.54, 1.807) is 12.4 Å². The van der Waals surface area contributed by atoms with E-state index in [0.717, 1.165) is 17.5 Å². The predicted octanol–water partition coefficient (Wildman–Crippen LogP) is 2.50. The Hall–Kier alpha value is -2.24. The van der Waals surface area contributed by atoms with Crippen molar-refractivity contribution < 1.29 is 14.3 Å². The van der Waals surface area contributed by atoms with E-state index in [1.807, 2.05) is 42.5 Å². The summed E-state index contributed by atoms with van der Waals surface area (Å²) in [4.78, 5) is 16.4. The molecule has 0 saturated carbocycles. The monoisotopic (exact) mass is 340 g/mol. The van der Waals surface area contributed by atoms with Crippen LogP contribution in [0.15, 0.2) is 54.9 Å². The van der Waals surface area contributed by atoms with Crippen LogP contribution < -0.4 is 5.32 Å². The highest BCUT2D eigenvalue weighted by Crippen LogP contribution is 2.14. The Morgan fingerprint density at radius 1 is 1.20 bits per heavy atom. The fourth-order valence-corrected chi connectivity index (χ4v) is 2.90. The number of hydrogen-bond acceptors (Lipinski definition) is 4. The molecule has 1 aliphatic rings. The maximum Gasteiger partial charge on any atom is 0.220 e. The topological polar surface area (TPSA) is 60.5 Å². The zero-order chi connectivity index (χ0) is 17.3. The number of carbonyl (C=O) groups is 1. The molecule has 5 nitrogen and oxygen atoms in total. The second kappa shape index (κ2) is 9.30. The summed E-state index contributed by atoms with van der Waals surface area (Å²) in [5.41, 5.74) is 2.19. The van der Waals surface area contributed by atoms with E-state index in [9.17, 15) is 4.79 Å². The molecule has 1 saturated heterocycles. The van der Waals surface area contributed by atoms with Gasteiger partial charge in [0.2, 0.25) is 5.91 Å². The molecule has 0 bridgehead atoms. The van der Waals surface area contributed by atoms with Gasteiger partial charge in [-0.05, 0) is 30.0 Å². The van der Waals surface area contributed by atoms with Crippen LogP contribution in [0.2, 0.25) is 0 Å². The normalized spacial score (nSPS) is 20.2. The Balaban J connectivity index is 1.47. The lowest BCUT2D eigenvalue weighted by Gasteiger charge is -2.32. The van der Waals surface area contributed by atoms with E-state index < -0.39 is 0 Å². The molecule has 1 amide bonds. The summed E-state index contributed by atoms with van der Waals surface area (Å²) in [5.74, 6) is 0.0454. The molecule has 0 spiro atoms. The highest BCUT2D eigenvalue weighted by Gasteiger charge is 2.27. The number of nitrogens with zero attached hydrogens (tertiary/aromatic N) is 1. The number of aryl methyl sites for hydroxylation is 1. The molecule has 2 heterocycles. The SMILES string of the molecule is O=C(CCc1cccnc1)N[C@@H]1CCOC[C@H]1OCc1ccccc1. The molecule has 1 aliphatic heterocycles. The molecule has 5 heteroatoms. The lowest BCUT2D eigenvalue weighted by molar-refractivity contribution is -0.126. The van der Waals surface area contributed by atoms with Gasteiger partial charge in [-0.15, -0.1) is 0 Å². The van der Waals surface area contributed by atoms with Crippen molar-refractivity contribution in [3.05, 3.63) is 66.0 Å². The Labute approximate surface area is 148 Å². The van der Waals surface area contributed by atoms with E-state index in [1.165, 1.54) is 0 Å². The third-order valence-electron chi connectivity index (χ3n) is 4.32. The molecule has 0 aliphatic carbocycles. The Morgan fingerprint density at radius 3 is 2.84 bits per heavy atom. The van der Waals surface area contributed by atoms with Gasteiger partial charge < -0.3 is 14.8 Å². The van der Waals surface area contributed by atoms with E-state index >= 15 is 0 Å². The van der Waals surface area contributed by atoms with Crippen molar-refractivity contribution in [2.75, 3.05) is 13.2 Å². The quantitative estimate of drug-likeness (QED) is 0.841. The number of aromatic nitrogens is 1. The van der Waals surface area contributed by atoms with Gasteiger partial charge in [0.15, 0.2) is 0 Å². The summed E-state index contributed by atoms with van der Waals surface area (Å²) in [6.45, 7) is 1.69.